The number of carbonyl (C=O) groups is 2. The predicted molar refractivity (Wildman–Crippen MR) is 83.5 cm³/mol. The van der Waals surface area contributed by atoms with Crippen LogP contribution in [0, 0.1) is 25.7 Å². The minimum absolute atomic E-state index is 0.0647. The second-order valence-corrected chi connectivity index (χ2v) is 6.71. The van der Waals surface area contributed by atoms with Crippen LogP contribution in [0.1, 0.15) is 17.5 Å². The lowest BCUT2D eigenvalue weighted by molar-refractivity contribution is -0.143. The topological polar surface area (TPSA) is 75.4 Å². The Morgan fingerprint density at radius 3 is 2.52 bits per heavy atom. The first kappa shape index (κ1) is 14.4. The molecular formula is C17H19N3O3. The van der Waals surface area contributed by atoms with Crippen molar-refractivity contribution in [1.82, 2.24) is 14.5 Å². The van der Waals surface area contributed by atoms with Crippen LogP contribution in [-0.4, -0.2) is 44.0 Å². The van der Waals surface area contributed by atoms with Gasteiger partial charge in [0.2, 0.25) is 11.8 Å². The zero-order chi connectivity index (χ0) is 16.3. The number of carbonyl (C=O) groups excluding carboxylic acids is 2. The SMILES string of the molecule is Cc1cc2ncn(CC(O)CN3C(=O)C4CC4C3=O)c2cc1C. The Bertz CT molecular complexity index is 806. The number of hydrogen-bond acceptors (Lipinski definition) is 4. The van der Waals surface area contributed by atoms with Gasteiger partial charge in [-0.15, -0.1) is 0 Å². The van der Waals surface area contributed by atoms with Crippen LogP contribution >= 0.6 is 0 Å². The predicted octanol–water partition coefficient (Wildman–Crippen LogP) is 1.02. The molecule has 23 heavy (non-hydrogen) atoms. The molecule has 3 unspecified atom stereocenters. The standard InChI is InChI=1S/C17H19N3O3/c1-9-3-14-15(4-10(9)2)19(8-18-14)6-11(21)7-20-16(22)12-5-13(12)17(20)23/h3-4,8,11-13,21H,5-7H2,1-2H3. The number of likely N-dealkylation sites (tertiary alicyclic amines) is 1. The fourth-order valence-electron chi connectivity index (χ4n) is 3.38. The number of imidazole rings is 1. The van der Waals surface area contributed by atoms with E-state index in [0.717, 1.165) is 11.0 Å². The van der Waals surface area contributed by atoms with Gasteiger partial charge >= 0.3 is 0 Å². The maximum Gasteiger partial charge on any atom is 0.233 e. The Balaban J connectivity index is 1.51. The number of nitrogens with zero attached hydrogens (tertiary/aromatic N) is 3. The van der Waals surface area contributed by atoms with Crippen LogP contribution < -0.4 is 0 Å². The Morgan fingerprint density at radius 1 is 1.17 bits per heavy atom. The summed E-state index contributed by atoms with van der Waals surface area (Å²) in [4.78, 5) is 29.5. The molecule has 2 aromatic rings. The summed E-state index contributed by atoms with van der Waals surface area (Å²) in [5.41, 5.74) is 4.18. The number of aliphatic hydroxyl groups excluding tert-OH is 1. The maximum atomic E-state index is 12.0. The number of piperidine rings is 1. The molecule has 120 valence electrons. The highest BCUT2D eigenvalue weighted by Crippen LogP contribution is 2.46. The molecule has 1 saturated carbocycles. The highest BCUT2D eigenvalue weighted by molar-refractivity contribution is 6.08. The third-order valence-corrected chi connectivity index (χ3v) is 4.99. The van der Waals surface area contributed by atoms with Gasteiger partial charge in [-0.3, -0.25) is 14.5 Å². The minimum atomic E-state index is -0.792. The van der Waals surface area contributed by atoms with Gasteiger partial charge in [0.15, 0.2) is 0 Å². The van der Waals surface area contributed by atoms with Gasteiger partial charge in [0.05, 0.1) is 48.4 Å². The number of aliphatic hydroxyl groups is 1. The van der Waals surface area contributed by atoms with Crippen LogP contribution in [0.15, 0.2) is 18.5 Å². The molecule has 6 heteroatoms. The van der Waals surface area contributed by atoms with E-state index in [2.05, 4.69) is 4.98 Å². The highest BCUT2D eigenvalue weighted by Gasteiger charge is 2.58. The summed E-state index contributed by atoms with van der Waals surface area (Å²) in [5, 5.41) is 10.3. The van der Waals surface area contributed by atoms with Crippen molar-refractivity contribution in [3.8, 4) is 0 Å². The van der Waals surface area contributed by atoms with E-state index in [1.807, 2.05) is 30.5 Å². The van der Waals surface area contributed by atoms with Crippen LogP contribution in [-0.2, 0) is 16.1 Å². The number of rotatable bonds is 4. The molecule has 2 heterocycles. The monoisotopic (exact) mass is 313 g/mol. The second kappa shape index (κ2) is 4.89. The number of β-amino-alcohol motifs (C(OH)–C–C–N with tert-alkyl or cyclic N) is 1. The maximum absolute atomic E-state index is 12.0. The Labute approximate surface area is 133 Å². The smallest absolute Gasteiger partial charge is 0.233 e. The summed E-state index contributed by atoms with van der Waals surface area (Å²) in [5.74, 6) is -0.481. The summed E-state index contributed by atoms with van der Waals surface area (Å²) >= 11 is 0. The van der Waals surface area contributed by atoms with Crippen molar-refractivity contribution in [3.05, 3.63) is 29.6 Å². The zero-order valence-corrected chi connectivity index (χ0v) is 13.2. The van der Waals surface area contributed by atoms with Gasteiger partial charge in [0.1, 0.15) is 0 Å². The van der Waals surface area contributed by atoms with E-state index in [1.165, 1.54) is 16.0 Å². The lowest BCUT2D eigenvalue weighted by Crippen LogP contribution is -2.40. The number of amides is 2. The summed E-state index contributed by atoms with van der Waals surface area (Å²) in [6.45, 7) is 4.45. The van der Waals surface area contributed by atoms with Crippen LogP contribution in [0.4, 0.5) is 0 Å². The number of aromatic nitrogens is 2. The molecule has 1 saturated heterocycles. The molecule has 2 aliphatic rings. The van der Waals surface area contributed by atoms with Crippen molar-refractivity contribution < 1.29 is 14.7 Å². The van der Waals surface area contributed by atoms with Crippen molar-refractivity contribution in [2.75, 3.05) is 6.54 Å². The molecule has 1 aliphatic heterocycles. The van der Waals surface area contributed by atoms with Crippen molar-refractivity contribution in [1.29, 1.82) is 0 Å². The first-order valence-corrected chi connectivity index (χ1v) is 7.91. The van der Waals surface area contributed by atoms with E-state index in [0.29, 0.717) is 13.0 Å². The van der Waals surface area contributed by atoms with Crippen LogP contribution in [0.25, 0.3) is 11.0 Å². The van der Waals surface area contributed by atoms with E-state index < -0.39 is 6.10 Å². The average molecular weight is 313 g/mol. The third-order valence-electron chi connectivity index (χ3n) is 4.99. The summed E-state index contributed by atoms with van der Waals surface area (Å²) in [6.07, 6.45) is 1.59. The van der Waals surface area contributed by atoms with Gasteiger partial charge in [0, 0.05) is 0 Å². The van der Waals surface area contributed by atoms with E-state index in [4.69, 9.17) is 0 Å². The summed E-state index contributed by atoms with van der Waals surface area (Å²) < 4.78 is 1.87. The summed E-state index contributed by atoms with van der Waals surface area (Å²) in [6, 6.07) is 4.07. The number of aryl methyl sites for hydroxylation is 2. The van der Waals surface area contributed by atoms with Gasteiger partial charge in [-0.05, 0) is 43.5 Å². The number of hydrogen-bond donors (Lipinski definition) is 1. The zero-order valence-electron chi connectivity index (χ0n) is 13.2. The minimum Gasteiger partial charge on any atom is -0.389 e. The van der Waals surface area contributed by atoms with E-state index in [1.54, 1.807) is 6.33 Å². The lowest BCUT2D eigenvalue weighted by Gasteiger charge is -2.20. The normalized spacial score (nSPS) is 24.4. The lowest BCUT2D eigenvalue weighted by atomic mass is 10.1. The van der Waals surface area contributed by atoms with Gasteiger partial charge in [-0.2, -0.15) is 0 Å². The quantitative estimate of drug-likeness (QED) is 0.855. The fraction of sp³-hybridized carbons (Fsp3) is 0.471. The number of fused-ring (bicyclic) bond motifs is 2. The number of imide groups is 1. The Kier molecular flexibility index (Phi) is 3.06. The van der Waals surface area contributed by atoms with Crippen LogP contribution in [0.5, 0.6) is 0 Å². The third kappa shape index (κ3) is 2.25. The van der Waals surface area contributed by atoms with Crippen LogP contribution in [0.2, 0.25) is 0 Å². The summed E-state index contributed by atoms with van der Waals surface area (Å²) in [7, 11) is 0. The highest BCUT2D eigenvalue weighted by atomic mass is 16.3. The van der Waals surface area contributed by atoms with Crippen molar-refractivity contribution in [2.45, 2.75) is 32.9 Å². The molecule has 1 N–H and O–H groups in total. The molecule has 0 bridgehead atoms. The van der Waals surface area contributed by atoms with Gasteiger partial charge < -0.3 is 9.67 Å². The molecule has 1 aliphatic carbocycles. The number of benzene rings is 1. The molecule has 3 atom stereocenters. The Morgan fingerprint density at radius 2 is 1.83 bits per heavy atom. The second-order valence-electron chi connectivity index (χ2n) is 6.71. The van der Waals surface area contributed by atoms with E-state index in [9.17, 15) is 14.7 Å². The first-order chi connectivity index (χ1) is 11.0. The molecule has 0 spiro atoms. The molecule has 1 aromatic heterocycles. The van der Waals surface area contributed by atoms with E-state index >= 15 is 0 Å². The molecular weight excluding hydrogens is 294 g/mol. The van der Waals surface area contributed by atoms with Gasteiger partial charge in [-0.25, -0.2) is 4.98 Å². The molecule has 2 fully saturated rings. The van der Waals surface area contributed by atoms with Crippen molar-refractivity contribution in [2.24, 2.45) is 11.8 Å². The first-order valence-electron chi connectivity index (χ1n) is 7.91. The molecule has 1 aromatic carbocycles. The molecule has 2 amide bonds. The average Bonchev–Trinajstić information content (AvgIpc) is 3.18. The van der Waals surface area contributed by atoms with Crippen molar-refractivity contribution >= 4 is 22.8 Å². The van der Waals surface area contributed by atoms with E-state index in [-0.39, 0.29) is 30.2 Å². The Hall–Kier alpha value is -2.21. The molecule has 4 rings (SSSR count). The van der Waals surface area contributed by atoms with Gasteiger partial charge in [0.25, 0.3) is 0 Å². The molecule has 6 nitrogen and oxygen atoms in total. The van der Waals surface area contributed by atoms with Crippen molar-refractivity contribution in [3.63, 3.8) is 0 Å². The largest absolute Gasteiger partial charge is 0.389 e. The van der Waals surface area contributed by atoms with Gasteiger partial charge in [-0.1, -0.05) is 0 Å². The fourth-order valence-corrected chi connectivity index (χ4v) is 3.38. The molecule has 0 radical (unpaired) electrons. The van der Waals surface area contributed by atoms with Crippen LogP contribution in [0.3, 0.4) is 0 Å².